The van der Waals surface area contributed by atoms with Crippen molar-refractivity contribution in [3.63, 3.8) is 0 Å². The first-order valence-electron chi connectivity index (χ1n) is 6.00. The molecule has 3 nitrogen and oxygen atoms in total. The maximum Gasteiger partial charge on any atom is 0.329 e. The molecule has 3 heteroatoms. The highest BCUT2D eigenvalue weighted by Gasteiger charge is 2.20. The molecule has 0 radical (unpaired) electrons. The zero-order valence-corrected chi connectivity index (χ0v) is 10.2. The van der Waals surface area contributed by atoms with E-state index in [1.54, 1.807) is 0 Å². The standard InChI is InChI=1S/C14H17NO2/c1-3-12(14(16)17-4-2)15-10-9-11-7-5-6-8-13(11)15/h5-10,12H,3-4H2,1-2H3. The molecule has 0 aliphatic rings. The molecular weight excluding hydrogens is 214 g/mol. The van der Waals surface area contributed by atoms with Crippen LogP contribution in [0.5, 0.6) is 0 Å². The van der Waals surface area contributed by atoms with Crippen LogP contribution in [-0.2, 0) is 9.53 Å². The number of nitrogens with zero attached hydrogens (tertiary/aromatic N) is 1. The summed E-state index contributed by atoms with van der Waals surface area (Å²) in [6, 6.07) is 9.85. The quantitative estimate of drug-likeness (QED) is 0.757. The van der Waals surface area contributed by atoms with Crippen molar-refractivity contribution in [3.05, 3.63) is 36.5 Å². The van der Waals surface area contributed by atoms with Gasteiger partial charge in [0.05, 0.1) is 6.61 Å². The summed E-state index contributed by atoms with van der Waals surface area (Å²) in [5, 5.41) is 1.15. The Bertz CT molecular complexity index is 516. The zero-order chi connectivity index (χ0) is 12.3. The lowest BCUT2D eigenvalue weighted by atomic mass is 10.2. The minimum Gasteiger partial charge on any atom is -0.464 e. The summed E-state index contributed by atoms with van der Waals surface area (Å²) in [5.41, 5.74) is 1.08. The molecule has 0 aliphatic carbocycles. The number of hydrogen-bond acceptors (Lipinski definition) is 2. The monoisotopic (exact) mass is 231 g/mol. The molecule has 2 aromatic rings. The summed E-state index contributed by atoms with van der Waals surface area (Å²) in [4.78, 5) is 11.9. The van der Waals surface area contributed by atoms with Gasteiger partial charge in [-0.05, 0) is 30.9 Å². The van der Waals surface area contributed by atoms with Gasteiger partial charge in [-0.1, -0.05) is 25.1 Å². The van der Waals surface area contributed by atoms with Crippen LogP contribution in [0.1, 0.15) is 26.3 Å². The van der Waals surface area contributed by atoms with Gasteiger partial charge < -0.3 is 9.30 Å². The Hall–Kier alpha value is -1.77. The number of rotatable bonds is 4. The molecule has 1 aromatic carbocycles. The molecule has 0 amide bonds. The number of ether oxygens (including phenoxy) is 1. The third-order valence-corrected chi connectivity index (χ3v) is 2.91. The van der Waals surface area contributed by atoms with Crippen LogP contribution >= 0.6 is 0 Å². The van der Waals surface area contributed by atoms with Gasteiger partial charge in [0.25, 0.3) is 0 Å². The molecule has 1 heterocycles. The first-order valence-corrected chi connectivity index (χ1v) is 6.00. The average Bonchev–Trinajstić information content (AvgIpc) is 2.75. The SMILES string of the molecule is CCOC(=O)C(CC)n1ccc2ccccc21. The van der Waals surface area contributed by atoms with Crippen molar-refractivity contribution in [3.8, 4) is 0 Å². The van der Waals surface area contributed by atoms with Crippen LogP contribution in [0.3, 0.4) is 0 Å². The number of esters is 1. The number of para-hydroxylation sites is 1. The Kier molecular flexibility index (Phi) is 3.47. The highest BCUT2D eigenvalue weighted by atomic mass is 16.5. The molecule has 2 rings (SSSR count). The number of benzene rings is 1. The number of carbonyl (C=O) groups excluding carboxylic acids is 1. The molecule has 0 N–H and O–H groups in total. The van der Waals surface area contributed by atoms with Gasteiger partial charge in [-0.3, -0.25) is 0 Å². The second-order valence-electron chi connectivity index (χ2n) is 3.96. The maximum atomic E-state index is 11.9. The third kappa shape index (κ3) is 2.18. The summed E-state index contributed by atoms with van der Waals surface area (Å²) in [7, 11) is 0. The first kappa shape index (κ1) is 11.7. The van der Waals surface area contributed by atoms with Crippen molar-refractivity contribution < 1.29 is 9.53 Å². The van der Waals surface area contributed by atoms with Crippen molar-refractivity contribution in [2.24, 2.45) is 0 Å². The van der Waals surface area contributed by atoms with E-state index in [0.29, 0.717) is 6.61 Å². The van der Waals surface area contributed by atoms with Gasteiger partial charge in [-0.25, -0.2) is 4.79 Å². The van der Waals surface area contributed by atoms with Crippen LogP contribution in [0.25, 0.3) is 10.9 Å². The molecule has 0 fully saturated rings. The van der Waals surface area contributed by atoms with Crippen LogP contribution < -0.4 is 0 Å². The Balaban J connectivity index is 2.40. The Labute approximate surface area is 101 Å². The molecule has 0 saturated heterocycles. The van der Waals surface area contributed by atoms with Gasteiger partial charge in [-0.15, -0.1) is 0 Å². The number of aromatic nitrogens is 1. The molecule has 17 heavy (non-hydrogen) atoms. The van der Waals surface area contributed by atoms with E-state index in [1.165, 1.54) is 0 Å². The van der Waals surface area contributed by atoms with Crippen molar-refractivity contribution >= 4 is 16.9 Å². The molecular formula is C14H17NO2. The molecule has 1 unspecified atom stereocenters. The lowest BCUT2D eigenvalue weighted by Crippen LogP contribution is -2.20. The summed E-state index contributed by atoms with van der Waals surface area (Å²) < 4.78 is 7.10. The smallest absolute Gasteiger partial charge is 0.329 e. The van der Waals surface area contributed by atoms with Crippen LogP contribution in [0.4, 0.5) is 0 Å². The van der Waals surface area contributed by atoms with Gasteiger partial charge >= 0.3 is 5.97 Å². The average molecular weight is 231 g/mol. The van der Waals surface area contributed by atoms with Crippen molar-refractivity contribution in [1.29, 1.82) is 0 Å². The van der Waals surface area contributed by atoms with Crippen LogP contribution in [0.15, 0.2) is 36.5 Å². The number of fused-ring (bicyclic) bond motifs is 1. The Morgan fingerprint density at radius 3 is 2.76 bits per heavy atom. The largest absolute Gasteiger partial charge is 0.464 e. The summed E-state index contributed by atoms with van der Waals surface area (Å²) in [6.45, 7) is 4.25. The predicted molar refractivity (Wildman–Crippen MR) is 67.9 cm³/mol. The van der Waals surface area contributed by atoms with Crippen LogP contribution in [0.2, 0.25) is 0 Å². The van der Waals surface area contributed by atoms with E-state index in [-0.39, 0.29) is 12.0 Å². The zero-order valence-electron chi connectivity index (χ0n) is 10.2. The summed E-state index contributed by atoms with van der Waals surface area (Å²) in [5.74, 6) is -0.156. The van der Waals surface area contributed by atoms with Crippen LogP contribution in [-0.4, -0.2) is 17.1 Å². The lowest BCUT2D eigenvalue weighted by Gasteiger charge is -2.16. The number of carbonyl (C=O) groups is 1. The maximum absolute atomic E-state index is 11.9. The van der Waals surface area contributed by atoms with Gasteiger partial charge in [0.15, 0.2) is 0 Å². The Morgan fingerprint density at radius 1 is 1.29 bits per heavy atom. The topological polar surface area (TPSA) is 31.2 Å². The molecule has 1 atom stereocenters. The van der Waals surface area contributed by atoms with Gasteiger partial charge in [0.1, 0.15) is 6.04 Å². The molecule has 0 bridgehead atoms. The summed E-state index contributed by atoms with van der Waals surface area (Å²) >= 11 is 0. The van der Waals surface area contributed by atoms with Crippen LogP contribution in [0, 0.1) is 0 Å². The second-order valence-corrected chi connectivity index (χ2v) is 3.96. The van der Waals surface area contributed by atoms with Gasteiger partial charge in [-0.2, -0.15) is 0 Å². The van der Waals surface area contributed by atoms with Crippen molar-refractivity contribution in [2.75, 3.05) is 6.61 Å². The van der Waals surface area contributed by atoms with E-state index >= 15 is 0 Å². The second kappa shape index (κ2) is 5.04. The van der Waals surface area contributed by atoms with E-state index in [0.717, 1.165) is 17.3 Å². The number of hydrogen-bond donors (Lipinski definition) is 0. The molecule has 90 valence electrons. The fourth-order valence-corrected chi connectivity index (χ4v) is 2.09. The normalized spacial score (nSPS) is 12.6. The van der Waals surface area contributed by atoms with E-state index in [9.17, 15) is 4.79 Å². The highest BCUT2D eigenvalue weighted by Crippen LogP contribution is 2.22. The Morgan fingerprint density at radius 2 is 2.06 bits per heavy atom. The highest BCUT2D eigenvalue weighted by molar-refractivity contribution is 5.83. The van der Waals surface area contributed by atoms with Gasteiger partial charge in [0, 0.05) is 11.7 Å². The summed E-state index contributed by atoms with van der Waals surface area (Å²) in [6.07, 6.45) is 2.69. The van der Waals surface area contributed by atoms with Gasteiger partial charge in [0.2, 0.25) is 0 Å². The molecule has 0 saturated carbocycles. The van der Waals surface area contributed by atoms with E-state index in [4.69, 9.17) is 4.74 Å². The minimum absolute atomic E-state index is 0.156. The predicted octanol–water partition coefficient (Wildman–Crippen LogP) is 3.16. The molecule has 0 aliphatic heterocycles. The molecule has 0 spiro atoms. The fourth-order valence-electron chi connectivity index (χ4n) is 2.09. The van der Waals surface area contributed by atoms with E-state index in [2.05, 4.69) is 0 Å². The fraction of sp³-hybridized carbons (Fsp3) is 0.357. The molecule has 1 aromatic heterocycles. The van der Waals surface area contributed by atoms with E-state index < -0.39 is 0 Å². The van der Waals surface area contributed by atoms with Crippen molar-refractivity contribution in [1.82, 2.24) is 4.57 Å². The third-order valence-electron chi connectivity index (χ3n) is 2.91. The van der Waals surface area contributed by atoms with E-state index in [1.807, 2.05) is 54.9 Å². The lowest BCUT2D eigenvalue weighted by molar-refractivity contribution is -0.147. The first-order chi connectivity index (χ1) is 8.27. The van der Waals surface area contributed by atoms with Crippen molar-refractivity contribution in [2.45, 2.75) is 26.3 Å². The minimum atomic E-state index is -0.227.